The summed E-state index contributed by atoms with van der Waals surface area (Å²) in [7, 11) is 4.95. The quantitative estimate of drug-likeness (QED) is 0.268. The largest absolute Gasteiger partial charge is 0.497 e. The van der Waals surface area contributed by atoms with Crippen LogP contribution >= 0.6 is 24.0 Å². The van der Waals surface area contributed by atoms with Crippen LogP contribution in [0.15, 0.2) is 23.2 Å². The van der Waals surface area contributed by atoms with E-state index in [1.807, 2.05) is 52.8 Å². The molecule has 1 aromatic rings. The first kappa shape index (κ1) is 28.1. The van der Waals surface area contributed by atoms with E-state index in [0.29, 0.717) is 19.0 Å². The number of hydrogen-bond donors (Lipinski definition) is 3. The third-order valence-electron chi connectivity index (χ3n) is 4.16. The molecule has 30 heavy (non-hydrogen) atoms. The molecule has 0 spiro atoms. The topological polar surface area (TPSA) is 93.2 Å². The van der Waals surface area contributed by atoms with Gasteiger partial charge in [-0.1, -0.05) is 13.8 Å². The summed E-state index contributed by atoms with van der Waals surface area (Å²) in [5.41, 5.74) is 0.442. The molecule has 9 heteroatoms. The maximum Gasteiger partial charge on any atom is 0.407 e. The second-order valence-electron chi connectivity index (χ2n) is 7.98. The first-order chi connectivity index (χ1) is 13.6. The number of hydrogen-bond acceptors (Lipinski definition) is 5. The highest BCUT2D eigenvalue weighted by Gasteiger charge is 2.21. The Labute approximate surface area is 197 Å². The number of nitrogens with one attached hydrogen (secondary N) is 3. The molecule has 8 nitrogen and oxygen atoms in total. The number of amides is 1. The number of carbonyl (C=O) groups excluding carboxylic acids is 1. The van der Waals surface area contributed by atoms with Crippen LogP contribution in [0.25, 0.3) is 0 Å². The van der Waals surface area contributed by atoms with Crippen molar-refractivity contribution in [3.05, 3.63) is 23.8 Å². The Morgan fingerprint density at radius 1 is 1.13 bits per heavy atom. The van der Waals surface area contributed by atoms with E-state index in [-0.39, 0.29) is 35.9 Å². The minimum absolute atomic E-state index is 0. The van der Waals surface area contributed by atoms with E-state index in [4.69, 9.17) is 14.2 Å². The van der Waals surface area contributed by atoms with Crippen LogP contribution in [0.5, 0.6) is 11.5 Å². The van der Waals surface area contributed by atoms with Crippen molar-refractivity contribution in [1.82, 2.24) is 16.0 Å². The predicted octanol–water partition coefficient (Wildman–Crippen LogP) is 3.54. The van der Waals surface area contributed by atoms with Crippen molar-refractivity contribution in [2.45, 2.75) is 52.8 Å². The van der Waals surface area contributed by atoms with Gasteiger partial charge in [0, 0.05) is 31.8 Å². The SMILES string of the molecule is CN=C(NCc1ccc(OC)cc1OC)NCC(NC(=O)OC(C)(C)C)C(C)C.I. The fourth-order valence-electron chi connectivity index (χ4n) is 2.52. The molecule has 0 fully saturated rings. The Balaban J connectivity index is 0.00000841. The lowest BCUT2D eigenvalue weighted by molar-refractivity contribution is 0.0491. The molecule has 0 heterocycles. The number of halogens is 1. The third kappa shape index (κ3) is 10.2. The average Bonchev–Trinajstić information content (AvgIpc) is 2.65. The van der Waals surface area contributed by atoms with Gasteiger partial charge in [0.1, 0.15) is 17.1 Å². The Hall–Kier alpha value is -1.91. The fraction of sp³-hybridized carbons (Fsp3) is 0.619. The van der Waals surface area contributed by atoms with Gasteiger partial charge in [0.25, 0.3) is 0 Å². The third-order valence-corrected chi connectivity index (χ3v) is 4.16. The van der Waals surface area contributed by atoms with Crippen molar-refractivity contribution in [2.24, 2.45) is 10.9 Å². The van der Waals surface area contributed by atoms with Crippen molar-refractivity contribution in [1.29, 1.82) is 0 Å². The standard InChI is InChI=1S/C21H36N4O4.HI/c1-14(2)17(25-20(26)29-21(3,4)5)13-24-19(22-6)23-12-15-9-10-16(27-7)11-18(15)28-8;/h9-11,14,17H,12-13H2,1-8H3,(H,25,26)(H2,22,23,24);1H. The molecule has 1 rings (SSSR count). The minimum atomic E-state index is -0.534. The number of guanidine groups is 1. The predicted molar refractivity (Wildman–Crippen MR) is 131 cm³/mol. The highest BCUT2D eigenvalue weighted by atomic mass is 127. The lowest BCUT2D eigenvalue weighted by atomic mass is 10.0. The van der Waals surface area contributed by atoms with Gasteiger partial charge >= 0.3 is 6.09 Å². The number of ether oxygens (including phenoxy) is 3. The monoisotopic (exact) mass is 536 g/mol. The van der Waals surface area contributed by atoms with Crippen LogP contribution in [-0.4, -0.2) is 51.5 Å². The second kappa shape index (κ2) is 13.4. The summed E-state index contributed by atoms with van der Waals surface area (Å²) >= 11 is 0. The molecule has 1 amide bonds. The first-order valence-corrected chi connectivity index (χ1v) is 9.74. The molecule has 0 bridgehead atoms. The number of aliphatic imine (C=N–C) groups is 1. The van der Waals surface area contributed by atoms with Crippen LogP contribution in [0, 0.1) is 5.92 Å². The van der Waals surface area contributed by atoms with Gasteiger partial charge in [-0.25, -0.2) is 4.79 Å². The lowest BCUT2D eigenvalue weighted by Crippen LogP contribution is -2.50. The molecule has 0 aliphatic rings. The lowest BCUT2D eigenvalue weighted by Gasteiger charge is -2.26. The van der Waals surface area contributed by atoms with E-state index in [1.54, 1.807) is 21.3 Å². The Morgan fingerprint density at radius 3 is 2.30 bits per heavy atom. The Bertz CT molecular complexity index is 690. The molecule has 0 aliphatic carbocycles. The van der Waals surface area contributed by atoms with Gasteiger partial charge in [0.2, 0.25) is 0 Å². The molecule has 3 N–H and O–H groups in total. The number of nitrogens with zero attached hydrogens (tertiary/aromatic N) is 1. The van der Waals surface area contributed by atoms with E-state index in [1.165, 1.54) is 0 Å². The molecule has 1 atom stereocenters. The van der Waals surface area contributed by atoms with Crippen molar-refractivity contribution >= 4 is 36.0 Å². The molecule has 172 valence electrons. The van der Waals surface area contributed by atoms with E-state index in [0.717, 1.165) is 17.1 Å². The van der Waals surface area contributed by atoms with Crippen LogP contribution in [0.2, 0.25) is 0 Å². The van der Waals surface area contributed by atoms with E-state index in [2.05, 4.69) is 20.9 Å². The van der Waals surface area contributed by atoms with Gasteiger partial charge in [-0.3, -0.25) is 4.99 Å². The van der Waals surface area contributed by atoms with Gasteiger partial charge in [0.15, 0.2) is 5.96 Å². The summed E-state index contributed by atoms with van der Waals surface area (Å²) in [6, 6.07) is 5.56. The maximum atomic E-state index is 12.1. The van der Waals surface area contributed by atoms with Crippen LogP contribution in [0.4, 0.5) is 4.79 Å². The molecule has 1 unspecified atom stereocenters. The van der Waals surface area contributed by atoms with Gasteiger partial charge < -0.3 is 30.2 Å². The summed E-state index contributed by atoms with van der Waals surface area (Å²) in [5.74, 6) is 2.31. The zero-order valence-electron chi connectivity index (χ0n) is 19.3. The fourth-order valence-corrected chi connectivity index (χ4v) is 2.52. The zero-order valence-corrected chi connectivity index (χ0v) is 21.6. The molecule has 0 aromatic heterocycles. The first-order valence-electron chi connectivity index (χ1n) is 9.74. The molecule has 0 radical (unpaired) electrons. The Kier molecular flexibility index (Phi) is 12.6. The average molecular weight is 536 g/mol. The number of methoxy groups -OCH3 is 2. The molecule has 1 aromatic carbocycles. The van der Waals surface area contributed by atoms with Gasteiger partial charge in [-0.05, 0) is 38.8 Å². The van der Waals surface area contributed by atoms with Gasteiger partial charge in [-0.15, -0.1) is 24.0 Å². The molecule has 0 saturated carbocycles. The summed E-state index contributed by atoms with van der Waals surface area (Å²) in [4.78, 5) is 16.3. The normalized spacial score (nSPS) is 12.5. The molecule has 0 saturated heterocycles. The second-order valence-corrected chi connectivity index (χ2v) is 7.98. The number of alkyl carbamates (subject to hydrolysis) is 1. The van der Waals surface area contributed by atoms with Crippen molar-refractivity contribution in [3.63, 3.8) is 0 Å². The number of benzene rings is 1. The molecular weight excluding hydrogens is 499 g/mol. The van der Waals surface area contributed by atoms with Gasteiger partial charge in [0.05, 0.1) is 20.3 Å². The van der Waals surface area contributed by atoms with Crippen LogP contribution in [0.1, 0.15) is 40.2 Å². The summed E-state index contributed by atoms with van der Waals surface area (Å²) in [6.45, 7) is 10.6. The van der Waals surface area contributed by atoms with Gasteiger partial charge in [-0.2, -0.15) is 0 Å². The van der Waals surface area contributed by atoms with Crippen LogP contribution in [0.3, 0.4) is 0 Å². The van der Waals surface area contributed by atoms with Crippen LogP contribution in [-0.2, 0) is 11.3 Å². The van der Waals surface area contributed by atoms with E-state index < -0.39 is 11.7 Å². The number of rotatable bonds is 8. The van der Waals surface area contributed by atoms with Crippen molar-refractivity contribution in [2.75, 3.05) is 27.8 Å². The Morgan fingerprint density at radius 2 is 1.80 bits per heavy atom. The van der Waals surface area contributed by atoms with E-state index >= 15 is 0 Å². The summed E-state index contributed by atoms with van der Waals surface area (Å²) < 4.78 is 16.0. The highest BCUT2D eigenvalue weighted by Crippen LogP contribution is 2.24. The van der Waals surface area contributed by atoms with Crippen LogP contribution < -0.4 is 25.4 Å². The van der Waals surface area contributed by atoms with E-state index in [9.17, 15) is 4.79 Å². The zero-order chi connectivity index (χ0) is 22.0. The maximum absolute atomic E-state index is 12.1. The smallest absolute Gasteiger partial charge is 0.407 e. The minimum Gasteiger partial charge on any atom is -0.497 e. The number of carbonyl (C=O) groups is 1. The summed E-state index contributed by atoms with van der Waals surface area (Å²) in [5, 5.41) is 9.43. The summed E-state index contributed by atoms with van der Waals surface area (Å²) in [6.07, 6.45) is -0.427. The highest BCUT2D eigenvalue weighted by molar-refractivity contribution is 14.0. The van der Waals surface area contributed by atoms with Crippen molar-refractivity contribution < 1.29 is 19.0 Å². The molecular formula is C21H37IN4O4. The van der Waals surface area contributed by atoms with Crippen molar-refractivity contribution in [3.8, 4) is 11.5 Å². The molecule has 0 aliphatic heterocycles.